The molecule has 0 fully saturated rings. The maximum atomic E-state index is 11.4. The molecular formula is C10H9NO2S2. The second kappa shape index (κ2) is 6.24. The number of rotatable bonds is 4. The third kappa shape index (κ3) is 3.75. The Bertz CT molecular complexity index is 403. The van der Waals surface area contributed by atoms with Gasteiger partial charge < -0.3 is 4.74 Å². The molecule has 0 saturated heterocycles. The van der Waals surface area contributed by atoms with Gasteiger partial charge in [0, 0.05) is 4.88 Å². The third-order valence-electron chi connectivity index (χ3n) is 1.47. The standard InChI is InChI=1S/C10H9NO2S2/c1-2-13-10(12)9(11-7-14)6-8-4-3-5-15-8/h3-6H,2H2,1H3/b9-6-. The normalized spacial score (nSPS) is 10.6. The summed E-state index contributed by atoms with van der Waals surface area (Å²) < 4.78 is 4.82. The predicted octanol–water partition coefficient (Wildman–Crippen LogP) is 2.75. The number of esters is 1. The molecule has 0 radical (unpaired) electrons. The van der Waals surface area contributed by atoms with Crippen molar-refractivity contribution in [3.8, 4) is 0 Å². The fourth-order valence-corrected chi connectivity index (χ4v) is 1.65. The van der Waals surface area contributed by atoms with Crippen LogP contribution in [0.4, 0.5) is 0 Å². The molecule has 0 aliphatic carbocycles. The van der Waals surface area contributed by atoms with Gasteiger partial charge in [0.25, 0.3) is 0 Å². The highest BCUT2D eigenvalue weighted by molar-refractivity contribution is 7.78. The molecule has 0 aromatic carbocycles. The molecule has 15 heavy (non-hydrogen) atoms. The van der Waals surface area contributed by atoms with Crippen molar-refractivity contribution in [2.45, 2.75) is 6.92 Å². The van der Waals surface area contributed by atoms with Crippen LogP contribution < -0.4 is 0 Å². The van der Waals surface area contributed by atoms with Crippen molar-refractivity contribution in [2.24, 2.45) is 4.99 Å². The minimum absolute atomic E-state index is 0.175. The molecule has 0 aliphatic heterocycles. The lowest BCUT2D eigenvalue weighted by Gasteiger charge is -1.99. The van der Waals surface area contributed by atoms with Gasteiger partial charge >= 0.3 is 5.97 Å². The van der Waals surface area contributed by atoms with E-state index in [0.29, 0.717) is 6.61 Å². The highest BCUT2D eigenvalue weighted by Gasteiger charge is 2.09. The first-order chi connectivity index (χ1) is 7.27. The Morgan fingerprint density at radius 3 is 3.13 bits per heavy atom. The Hall–Kier alpha value is -1.29. The molecule has 0 unspecified atom stereocenters. The van der Waals surface area contributed by atoms with Crippen LogP contribution >= 0.6 is 23.6 Å². The Kier molecular flexibility index (Phi) is 4.90. The van der Waals surface area contributed by atoms with Gasteiger partial charge in [-0.15, -0.1) is 11.3 Å². The zero-order valence-electron chi connectivity index (χ0n) is 8.10. The van der Waals surface area contributed by atoms with E-state index in [1.54, 1.807) is 13.0 Å². The van der Waals surface area contributed by atoms with E-state index in [9.17, 15) is 4.79 Å². The van der Waals surface area contributed by atoms with Crippen molar-refractivity contribution in [1.29, 1.82) is 0 Å². The van der Waals surface area contributed by atoms with Gasteiger partial charge in [0.15, 0.2) is 5.70 Å². The number of ether oxygens (including phenoxy) is 1. The van der Waals surface area contributed by atoms with Crippen molar-refractivity contribution in [1.82, 2.24) is 0 Å². The van der Waals surface area contributed by atoms with Gasteiger partial charge in [-0.3, -0.25) is 0 Å². The summed E-state index contributed by atoms with van der Waals surface area (Å²) in [7, 11) is 0. The van der Waals surface area contributed by atoms with E-state index in [2.05, 4.69) is 22.4 Å². The monoisotopic (exact) mass is 239 g/mol. The molecule has 1 aromatic rings. The number of hydrogen-bond acceptors (Lipinski definition) is 5. The number of hydrogen-bond donors (Lipinski definition) is 0. The first-order valence-electron chi connectivity index (χ1n) is 4.28. The van der Waals surface area contributed by atoms with Crippen LogP contribution in [0.2, 0.25) is 0 Å². The molecule has 0 spiro atoms. The summed E-state index contributed by atoms with van der Waals surface area (Å²) in [6.45, 7) is 2.05. The van der Waals surface area contributed by atoms with Crippen LogP contribution in [0.3, 0.4) is 0 Å². The fourth-order valence-electron chi connectivity index (χ4n) is 0.899. The largest absolute Gasteiger partial charge is 0.461 e. The Balaban J connectivity index is 2.92. The van der Waals surface area contributed by atoms with Gasteiger partial charge in [-0.1, -0.05) is 6.07 Å². The highest BCUT2D eigenvalue weighted by atomic mass is 32.1. The first-order valence-corrected chi connectivity index (χ1v) is 5.57. The van der Waals surface area contributed by atoms with Crippen LogP contribution in [0.1, 0.15) is 11.8 Å². The quantitative estimate of drug-likeness (QED) is 0.351. The van der Waals surface area contributed by atoms with Crippen molar-refractivity contribution >= 4 is 40.8 Å². The molecule has 0 saturated carbocycles. The molecular weight excluding hydrogens is 230 g/mol. The van der Waals surface area contributed by atoms with Crippen molar-refractivity contribution in [2.75, 3.05) is 6.61 Å². The summed E-state index contributed by atoms with van der Waals surface area (Å²) in [6.07, 6.45) is 1.63. The molecule has 1 aromatic heterocycles. The molecule has 1 rings (SSSR count). The van der Waals surface area contributed by atoms with Crippen LogP contribution in [-0.4, -0.2) is 17.7 Å². The smallest absolute Gasteiger partial charge is 0.357 e. The Morgan fingerprint density at radius 1 is 1.80 bits per heavy atom. The van der Waals surface area contributed by atoms with E-state index in [0.717, 1.165) is 4.88 Å². The maximum absolute atomic E-state index is 11.4. The molecule has 0 aliphatic rings. The van der Waals surface area contributed by atoms with Gasteiger partial charge in [-0.05, 0) is 36.7 Å². The summed E-state index contributed by atoms with van der Waals surface area (Å²) in [5, 5.41) is 4.08. The molecule has 0 atom stereocenters. The maximum Gasteiger partial charge on any atom is 0.357 e. The van der Waals surface area contributed by atoms with Crippen molar-refractivity contribution in [3.63, 3.8) is 0 Å². The Morgan fingerprint density at radius 2 is 2.60 bits per heavy atom. The summed E-state index contributed by atoms with van der Waals surface area (Å²) in [6, 6.07) is 3.77. The molecule has 5 heteroatoms. The lowest BCUT2D eigenvalue weighted by atomic mass is 10.3. The number of thiocarbonyl (C=S) groups is 1. The fraction of sp³-hybridized carbons (Fsp3) is 0.200. The average molecular weight is 239 g/mol. The van der Waals surface area contributed by atoms with Gasteiger partial charge in [0.2, 0.25) is 0 Å². The zero-order chi connectivity index (χ0) is 11.1. The molecule has 78 valence electrons. The zero-order valence-corrected chi connectivity index (χ0v) is 9.73. The van der Waals surface area contributed by atoms with Crippen LogP contribution in [-0.2, 0) is 9.53 Å². The van der Waals surface area contributed by atoms with Crippen LogP contribution in [0.5, 0.6) is 0 Å². The number of isothiocyanates is 1. The summed E-state index contributed by atoms with van der Waals surface area (Å²) >= 11 is 5.97. The first kappa shape index (κ1) is 11.8. The molecule has 0 N–H and O–H groups in total. The highest BCUT2D eigenvalue weighted by Crippen LogP contribution is 2.14. The van der Waals surface area contributed by atoms with Gasteiger partial charge in [-0.2, -0.15) is 4.99 Å². The SMILES string of the molecule is CCOC(=O)/C(=C/c1cccs1)N=C=S. The van der Waals surface area contributed by atoms with E-state index in [4.69, 9.17) is 4.74 Å². The second-order valence-electron chi connectivity index (χ2n) is 2.47. The average Bonchev–Trinajstić information content (AvgIpc) is 2.70. The van der Waals surface area contributed by atoms with Crippen LogP contribution in [0, 0.1) is 0 Å². The lowest BCUT2D eigenvalue weighted by Crippen LogP contribution is -2.05. The van der Waals surface area contributed by atoms with Crippen LogP contribution in [0.25, 0.3) is 6.08 Å². The van der Waals surface area contributed by atoms with Gasteiger partial charge in [0.05, 0.1) is 11.8 Å². The van der Waals surface area contributed by atoms with E-state index >= 15 is 0 Å². The molecule has 0 bridgehead atoms. The summed E-state index contributed by atoms with van der Waals surface area (Å²) in [5.41, 5.74) is 0.175. The number of nitrogens with zero attached hydrogens (tertiary/aromatic N) is 1. The lowest BCUT2D eigenvalue weighted by molar-refractivity contribution is -0.138. The topological polar surface area (TPSA) is 38.7 Å². The third-order valence-corrected chi connectivity index (χ3v) is 2.38. The number of carbonyl (C=O) groups excluding carboxylic acids is 1. The predicted molar refractivity (Wildman–Crippen MR) is 64.0 cm³/mol. The summed E-state index contributed by atoms with van der Waals surface area (Å²) in [4.78, 5) is 16.0. The number of thiophene rings is 1. The van der Waals surface area contributed by atoms with Crippen molar-refractivity contribution < 1.29 is 9.53 Å². The van der Waals surface area contributed by atoms with E-state index in [1.165, 1.54) is 11.3 Å². The second-order valence-corrected chi connectivity index (χ2v) is 3.63. The van der Waals surface area contributed by atoms with E-state index in [1.807, 2.05) is 17.5 Å². The van der Waals surface area contributed by atoms with Gasteiger partial charge in [-0.25, -0.2) is 4.79 Å². The Labute approximate surface area is 97.1 Å². The van der Waals surface area contributed by atoms with Crippen LogP contribution in [0.15, 0.2) is 28.2 Å². The summed E-state index contributed by atoms with van der Waals surface area (Å²) in [5.74, 6) is -0.483. The molecule has 0 amide bonds. The minimum atomic E-state index is -0.483. The minimum Gasteiger partial charge on any atom is -0.461 e. The molecule has 3 nitrogen and oxygen atoms in total. The van der Waals surface area contributed by atoms with E-state index < -0.39 is 5.97 Å². The van der Waals surface area contributed by atoms with Gasteiger partial charge in [0.1, 0.15) is 0 Å². The number of carbonyl (C=O) groups is 1. The number of aliphatic imine (C=N–C) groups is 1. The van der Waals surface area contributed by atoms with Crippen molar-refractivity contribution in [3.05, 3.63) is 28.1 Å². The van der Waals surface area contributed by atoms with E-state index in [-0.39, 0.29) is 5.70 Å². The molecule has 1 heterocycles.